The van der Waals surface area contributed by atoms with E-state index >= 15 is 0 Å². The van der Waals surface area contributed by atoms with Crippen molar-refractivity contribution >= 4 is 11.5 Å². The maximum absolute atomic E-state index is 9.07. The van der Waals surface area contributed by atoms with E-state index in [9.17, 15) is 0 Å². The lowest BCUT2D eigenvalue weighted by Gasteiger charge is -2.40. The fraction of sp³-hybridized carbons (Fsp3) is 0.481. The smallest absolute Gasteiger partial charge is 0.159 e. The first-order chi connectivity index (χ1) is 16.3. The van der Waals surface area contributed by atoms with Crippen molar-refractivity contribution in [2.45, 2.75) is 69.2 Å². The Morgan fingerprint density at radius 3 is 2.52 bits per heavy atom. The molecule has 2 fully saturated rings. The first kappa shape index (κ1) is 21.8. The number of anilines is 1. The Kier molecular flexibility index (Phi) is 6.78. The minimum Gasteiger partial charge on any atom is -0.386 e. The highest BCUT2D eigenvalue weighted by molar-refractivity contribution is 5.83. The highest BCUT2D eigenvalue weighted by Crippen LogP contribution is 2.28. The normalized spacial score (nSPS) is 27.4. The van der Waals surface area contributed by atoms with E-state index in [2.05, 4.69) is 63.2 Å². The summed E-state index contributed by atoms with van der Waals surface area (Å²) in [5.74, 6) is 0.977. The molecule has 4 atom stereocenters. The average molecular weight is 444 g/mol. The van der Waals surface area contributed by atoms with Crippen molar-refractivity contribution in [1.82, 2.24) is 10.6 Å². The summed E-state index contributed by atoms with van der Waals surface area (Å²) < 4.78 is 0. The van der Waals surface area contributed by atoms with Crippen LogP contribution in [-0.2, 0) is 4.84 Å². The molecule has 0 spiro atoms. The fourth-order valence-corrected chi connectivity index (χ4v) is 5.42. The van der Waals surface area contributed by atoms with Crippen LogP contribution in [0.4, 0.5) is 5.69 Å². The Hall–Kier alpha value is -3.04. The lowest BCUT2D eigenvalue weighted by atomic mass is 9.88. The monoisotopic (exact) mass is 443 g/mol. The molecule has 172 valence electrons. The van der Waals surface area contributed by atoms with Crippen LogP contribution < -0.4 is 15.5 Å². The topological polar surface area (TPSA) is 72.7 Å². The summed E-state index contributed by atoms with van der Waals surface area (Å²) in [5, 5.41) is 21.2. The number of nitrogens with zero attached hydrogens (tertiary/aromatic N) is 3. The van der Waals surface area contributed by atoms with Crippen molar-refractivity contribution < 1.29 is 4.84 Å². The second-order valence-electron chi connectivity index (χ2n) is 9.50. The average Bonchev–Trinajstić information content (AvgIpc) is 3.35. The van der Waals surface area contributed by atoms with E-state index in [0.717, 1.165) is 30.9 Å². The van der Waals surface area contributed by atoms with Gasteiger partial charge in [-0.25, -0.2) is 0 Å². The van der Waals surface area contributed by atoms with Crippen LogP contribution in [0, 0.1) is 11.3 Å². The van der Waals surface area contributed by atoms with Crippen molar-refractivity contribution in [3.8, 4) is 6.07 Å². The highest BCUT2D eigenvalue weighted by Gasteiger charge is 2.32. The van der Waals surface area contributed by atoms with Crippen LogP contribution in [0.2, 0.25) is 0 Å². The van der Waals surface area contributed by atoms with E-state index < -0.39 is 0 Å². The summed E-state index contributed by atoms with van der Waals surface area (Å²) in [6.07, 6.45) is 8.11. The number of nitriles is 1. The minimum atomic E-state index is 0.0167. The summed E-state index contributed by atoms with van der Waals surface area (Å²) in [6.45, 7) is 2.08. The predicted molar refractivity (Wildman–Crippen MR) is 131 cm³/mol. The molecule has 1 unspecified atom stereocenters. The first-order valence-corrected chi connectivity index (χ1v) is 12.3. The summed E-state index contributed by atoms with van der Waals surface area (Å²) in [4.78, 5) is 8.19. The van der Waals surface area contributed by atoms with Gasteiger partial charge in [-0.05, 0) is 55.5 Å². The van der Waals surface area contributed by atoms with Gasteiger partial charge in [-0.3, -0.25) is 0 Å². The molecule has 6 nitrogen and oxygen atoms in total. The molecule has 2 heterocycles. The summed E-state index contributed by atoms with van der Waals surface area (Å²) >= 11 is 0. The number of amidine groups is 1. The molecule has 5 rings (SSSR count). The molecule has 0 bridgehead atoms. The van der Waals surface area contributed by atoms with Crippen LogP contribution in [0.15, 0.2) is 59.8 Å². The van der Waals surface area contributed by atoms with E-state index in [0.29, 0.717) is 18.1 Å². The lowest BCUT2D eigenvalue weighted by Crippen LogP contribution is -2.57. The van der Waals surface area contributed by atoms with Crippen LogP contribution in [-0.4, -0.2) is 37.1 Å². The van der Waals surface area contributed by atoms with Gasteiger partial charge in [-0.2, -0.15) is 5.26 Å². The number of nitrogens with one attached hydrogen (secondary N) is 2. The predicted octanol–water partition coefficient (Wildman–Crippen LogP) is 4.49. The Morgan fingerprint density at radius 2 is 1.73 bits per heavy atom. The molecular formula is C27H33N5O. The number of hydrogen-bond acceptors (Lipinski definition) is 6. The van der Waals surface area contributed by atoms with E-state index in [-0.39, 0.29) is 6.10 Å². The van der Waals surface area contributed by atoms with Crippen molar-refractivity contribution in [3.63, 3.8) is 0 Å². The molecule has 3 aliphatic rings. The summed E-state index contributed by atoms with van der Waals surface area (Å²) in [7, 11) is 0. The molecule has 33 heavy (non-hydrogen) atoms. The zero-order valence-electron chi connectivity index (χ0n) is 19.1. The van der Waals surface area contributed by atoms with Crippen molar-refractivity contribution in [1.29, 1.82) is 5.26 Å². The van der Waals surface area contributed by atoms with Crippen LogP contribution >= 0.6 is 0 Å². The zero-order valence-corrected chi connectivity index (χ0v) is 19.1. The molecule has 6 heteroatoms. The molecule has 0 aromatic heterocycles. The molecule has 0 amide bonds. The van der Waals surface area contributed by atoms with E-state index in [1.165, 1.54) is 49.8 Å². The standard InChI is InChI=1S/C27H33N5O/c28-18-20-12-14-23(15-13-20)32-16-6-9-22(19-32)29-24-10-4-5-11-25(24)30-27-17-26(33-31-27)21-7-2-1-3-8-21/h1-3,7-8,12-15,22,24-26,29H,4-6,9-11,16-17,19H2,(H,30,31)/t22-,24+,25+,26?/m0/s1. The van der Waals surface area contributed by atoms with Crippen molar-refractivity contribution in [2.75, 3.05) is 18.0 Å². The third-order valence-corrected chi connectivity index (χ3v) is 7.19. The Labute approximate surface area is 196 Å². The van der Waals surface area contributed by atoms with Gasteiger partial charge in [0.2, 0.25) is 0 Å². The second-order valence-corrected chi connectivity index (χ2v) is 9.50. The van der Waals surface area contributed by atoms with Crippen molar-refractivity contribution in [3.05, 3.63) is 65.7 Å². The first-order valence-electron chi connectivity index (χ1n) is 12.3. The molecule has 1 saturated carbocycles. The van der Waals surface area contributed by atoms with E-state index in [1.54, 1.807) is 0 Å². The lowest BCUT2D eigenvalue weighted by molar-refractivity contribution is 0.0856. The summed E-state index contributed by atoms with van der Waals surface area (Å²) in [6, 6.07) is 21.9. The van der Waals surface area contributed by atoms with Gasteiger partial charge in [0.1, 0.15) is 5.84 Å². The van der Waals surface area contributed by atoms with Gasteiger partial charge in [0.25, 0.3) is 0 Å². The molecule has 0 radical (unpaired) electrons. The maximum Gasteiger partial charge on any atom is 0.159 e. The zero-order chi connectivity index (χ0) is 22.5. The number of hydrogen-bond donors (Lipinski definition) is 2. The molecular weight excluding hydrogens is 410 g/mol. The van der Waals surface area contributed by atoms with Gasteiger partial charge in [0.05, 0.1) is 18.1 Å². The molecule has 2 aliphatic heterocycles. The molecule has 2 aromatic carbocycles. The van der Waals surface area contributed by atoms with E-state index in [1.807, 2.05) is 18.2 Å². The fourth-order valence-electron chi connectivity index (χ4n) is 5.42. The quantitative estimate of drug-likeness (QED) is 0.712. The van der Waals surface area contributed by atoms with Crippen LogP contribution in [0.1, 0.15) is 62.2 Å². The third kappa shape index (κ3) is 5.31. The van der Waals surface area contributed by atoms with Crippen molar-refractivity contribution in [2.24, 2.45) is 5.16 Å². The number of oxime groups is 1. The third-order valence-electron chi connectivity index (χ3n) is 7.19. The summed E-state index contributed by atoms with van der Waals surface area (Å²) in [5.41, 5.74) is 3.11. The van der Waals surface area contributed by atoms with Gasteiger partial charge in [-0.15, -0.1) is 0 Å². The molecule has 2 N–H and O–H groups in total. The van der Waals surface area contributed by atoms with Gasteiger partial charge < -0.3 is 20.4 Å². The van der Waals surface area contributed by atoms with Crippen LogP contribution in [0.3, 0.4) is 0 Å². The van der Waals surface area contributed by atoms with Crippen LogP contribution in [0.5, 0.6) is 0 Å². The Bertz CT molecular complexity index is 984. The van der Waals surface area contributed by atoms with Gasteiger partial charge in [0.15, 0.2) is 6.10 Å². The van der Waals surface area contributed by atoms with Gasteiger partial charge in [-0.1, -0.05) is 48.3 Å². The Balaban J connectivity index is 1.17. The number of piperidine rings is 1. The van der Waals surface area contributed by atoms with Crippen LogP contribution in [0.25, 0.3) is 0 Å². The maximum atomic E-state index is 9.07. The van der Waals surface area contributed by atoms with Gasteiger partial charge >= 0.3 is 0 Å². The highest BCUT2D eigenvalue weighted by atomic mass is 16.6. The largest absolute Gasteiger partial charge is 0.386 e. The second kappa shape index (κ2) is 10.3. The minimum absolute atomic E-state index is 0.0167. The molecule has 1 saturated heterocycles. The van der Waals surface area contributed by atoms with Gasteiger partial charge in [0, 0.05) is 36.9 Å². The number of benzene rings is 2. The molecule has 1 aliphatic carbocycles. The van der Waals surface area contributed by atoms with E-state index in [4.69, 9.17) is 10.1 Å². The molecule has 2 aromatic rings. The number of rotatable bonds is 5. The Morgan fingerprint density at radius 1 is 0.939 bits per heavy atom. The SMILES string of the molecule is N#Cc1ccc(N2CCC[C@H](N[C@@H]3CCCC[C@H]3NC3=NOC(c4ccccc4)C3)C2)cc1.